The Kier molecular flexibility index (Phi) is 4.75. The van der Waals surface area contributed by atoms with Gasteiger partial charge in [0.1, 0.15) is 5.82 Å². The summed E-state index contributed by atoms with van der Waals surface area (Å²) in [6.07, 6.45) is 3.61. The number of carbonyl (C=O) groups excluding carboxylic acids is 1. The van der Waals surface area contributed by atoms with Gasteiger partial charge in [-0.25, -0.2) is 8.78 Å². The van der Waals surface area contributed by atoms with Gasteiger partial charge in [-0.05, 0) is 43.2 Å². The van der Waals surface area contributed by atoms with Crippen molar-refractivity contribution in [3.63, 3.8) is 0 Å². The number of hydrogen-bond donors (Lipinski definition) is 1. The quantitative estimate of drug-likeness (QED) is 0.762. The molecule has 0 bridgehead atoms. The maximum absolute atomic E-state index is 13.6. The van der Waals surface area contributed by atoms with Crippen molar-refractivity contribution >= 4 is 16.9 Å². The Morgan fingerprint density at radius 1 is 1.30 bits per heavy atom. The van der Waals surface area contributed by atoms with Crippen molar-refractivity contribution in [2.45, 2.75) is 18.8 Å². The van der Waals surface area contributed by atoms with Gasteiger partial charge in [0, 0.05) is 37.0 Å². The van der Waals surface area contributed by atoms with E-state index in [0.29, 0.717) is 13.1 Å². The normalized spacial score (nSPS) is 17.3. The Morgan fingerprint density at radius 3 is 3.00 bits per heavy atom. The molecule has 1 aliphatic heterocycles. The summed E-state index contributed by atoms with van der Waals surface area (Å²) in [5.74, 6) is -1.64. The summed E-state index contributed by atoms with van der Waals surface area (Å²) in [4.78, 5) is 21.9. The number of benzene rings is 1. The van der Waals surface area contributed by atoms with Crippen LogP contribution in [-0.2, 0) is 4.79 Å². The van der Waals surface area contributed by atoms with Crippen LogP contribution in [0.15, 0.2) is 42.6 Å². The molecule has 0 spiro atoms. The second-order valence-electron chi connectivity index (χ2n) is 6.70. The minimum absolute atomic E-state index is 0.125. The van der Waals surface area contributed by atoms with Crippen LogP contribution in [0.25, 0.3) is 11.0 Å². The van der Waals surface area contributed by atoms with Crippen molar-refractivity contribution in [3.8, 4) is 5.75 Å². The summed E-state index contributed by atoms with van der Waals surface area (Å²) in [6.45, 7) is 0.938. The predicted octanol–water partition coefficient (Wildman–Crippen LogP) is 3.63. The van der Waals surface area contributed by atoms with E-state index in [0.717, 1.165) is 41.7 Å². The van der Waals surface area contributed by atoms with E-state index in [1.54, 1.807) is 11.1 Å². The van der Waals surface area contributed by atoms with Gasteiger partial charge in [-0.15, -0.1) is 0 Å². The summed E-state index contributed by atoms with van der Waals surface area (Å²) in [6, 6.07) is 8.91. The van der Waals surface area contributed by atoms with E-state index in [2.05, 4.69) is 9.97 Å². The second-order valence-corrected chi connectivity index (χ2v) is 6.70. The number of aromatic amines is 1. The molecule has 1 aliphatic rings. The van der Waals surface area contributed by atoms with Crippen LogP contribution in [0.5, 0.6) is 5.75 Å². The fourth-order valence-corrected chi connectivity index (χ4v) is 3.48. The number of pyridine rings is 1. The fourth-order valence-electron chi connectivity index (χ4n) is 3.48. The number of likely N-dealkylation sites (tertiary alicyclic amines) is 1. The molecule has 0 aliphatic carbocycles. The van der Waals surface area contributed by atoms with Crippen molar-refractivity contribution in [1.82, 2.24) is 14.9 Å². The Hall–Kier alpha value is -2.96. The topological polar surface area (TPSA) is 58.2 Å². The van der Waals surface area contributed by atoms with Crippen LogP contribution in [-0.4, -0.2) is 40.5 Å². The van der Waals surface area contributed by atoms with E-state index in [1.807, 2.05) is 18.2 Å². The maximum atomic E-state index is 13.6. The third kappa shape index (κ3) is 3.77. The average Bonchev–Trinajstić information content (AvgIpc) is 3.11. The zero-order chi connectivity index (χ0) is 18.8. The monoisotopic (exact) mass is 371 g/mol. The smallest absolute Gasteiger partial charge is 0.260 e. The molecule has 3 heterocycles. The van der Waals surface area contributed by atoms with Crippen LogP contribution in [0.1, 0.15) is 24.5 Å². The third-order valence-corrected chi connectivity index (χ3v) is 4.87. The van der Waals surface area contributed by atoms with Crippen LogP contribution in [0.2, 0.25) is 0 Å². The number of carbonyl (C=O) groups is 1. The minimum atomic E-state index is -0.815. The number of hydrogen-bond acceptors (Lipinski definition) is 3. The molecule has 4 rings (SSSR count). The van der Waals surface area contributed by atoms with Crippen molar-refractivity contribution in [2.24, 2.45) is 0 Å². The second kappa shape index (κ2) is 7.34. The number of halogens is 2. The lowest BCUT2D eigenvalue weighted by atomic mass is 9.95. The highest BCUT2D eigenvalue weighted by atomic mass is 19.1. The van der Waals surface area contributed by atoms with Crippen LogP contribution in [0.3, 0.4) is 0 Å². The van der Waals surface area contributed by atoms with Gasteiger partial charge < -0.3 is 14.6 Å². The number of fused-ring (bicyclic) bond motifs is 1. The first kappa shape index (κ1) is 17.5. The molecule has 1 saturated heterocycles. The first-order valence-electron chi connectivity index (χ1n) is 8.89. The summed E-state index contributed by atoms with van der Waals surface area (Å²) in [5, 5.41) is 0. The van der Waals surface area contributed by atoms with Crippen molar-refractivity contribution in [1.29, 1.82) is 0 Å². The van der Waals surface area contributed by atoms with Gasteiger partial charge in [0.2, 0.25) is 0 Å². The van der Waals surface area contributed by atoms with Gasteiger partial charge in [-0.3, -0.25) is 9.78 Å². The molecule has 1 amide bonds. The molecular weight excluding hydrogens is 352 g/mol. The van der Waals surface area contributed by atoms with Gasteiger partial charge in [-0.1, -0.05) is 0 Å². The van der Waals surface area contributed by atoms with Gasteiger partial charge in [0.05, 0.1) is 11.0 Å². The molecule has 140 valence electrons. The first-order valence-corrected chi connectivity index (χ1v) is 8.89. The van der Waals surface area contributed by atoms with Crippen molar-refractivity contribution in [2.75, 3.05) is 19.7 Å². The molecule has 0 saturated carbocycles. The molecule has 7 heteroatoms. The average molecular weight is 371 g/mol. The van der Waals surface area contributed by atoms with E-state index in [9.17, 15) is 13.6 Å². The minimum Gasteiger partial charge on any atom is -0.481 e. The van der Waals surface area contributed by atoms with Crippen LogP contribution >= 0.6 is 0 Å². The molecule has 1 fully saturated rings. The van der Waals surface area contributed by atoms with E-state index in [4.69, 9.17) is 4.74 Å². The van der Waals surface area contributed by atoms with Crippen molar-refractivity contribution in [3.05, 3.63) is 59.9 Å². The molecular formula is C20H19F2N3O2. The molecule has 0 radical (unpaired) electrons. The Balaban J connectivity index is 1.40. The van der Waals surface area contributed by atoms with Crippen LogP contribution < -0.4 is 4.74 Å². The summed E-state index contributed by atoms with van der Waals surface area (Å²) >= 11 is 0. The summed E-state index contributed by atoms with van der Waals surface area (Å²) < 4.78 is 31.8. The van der Waals surface area contributed by atoms with Gasteiger partial charge >= 0.3 is 0 Å². The zero-order valence-corrected chi connectivity index (χ0v) is 14.6. The van der Waals surface area contributed by atoms with Crippen LogP contribution in [0.4, 0.5) is 8.78 Å². The predicted molar refractivity (Wildman–Crippen MR) is 96.5 cm³/mol. The lowest BCUT2D eigenvalue weighted by Crippen LogP contribution is -2.41. The molecule has 2 aromatic heterocycles. The molecule has 3 aromatic rings. The zero-order valence-electron chi connectivity index (χ0n) is 14.6. The lowest BCUT2D eigenvalue weighted by molar-refractivity contribution is -0.134. The summed E-state index contributed by atoms with van der Waals surface area (Å²) in [5.41, 5.74) is 2.95. The van der Waals surface area contributed by atoms with Crippen LogP contribution in [0, 0.1) is 11.6 Å². The molecule has 1 aromatic carbocycles. The highest BCUT2D eigenvalue weighted by Crippen LogP contribution is 2.28. The fraction of sp³-hybridized carbons (Fsp3) is 0.300. The highest BCUT2D eigenvalue weighted by molar-refractivity contribution is 5.78. The van der Waals surface area contributed by atoms with Crippen molar-refractivity contribution < 1.29 is 18.3 Å². The number of nitrogens with one attached hydrogen (secondary N) is 1. The van der Waals surface area contributed by atoms with Gasteiger partial charge in [-0.2, -0.15) is 0 Å². The standard InChI is InChI=1S/C20H19F2N3O2/c21-14-5-6-19(15(22)9-14)27-12-20(26)25-8-2-3-13(11-25)17-10-18-16(24-17)4-1-7-23-18/h1,4-7,9-10,13,24H,2-3,8,11-12H2. The number of ether oxygens (including phenoxy) is 1. The Labute approximate surface area is 155 Å². The van der Waals surface area contributed by atoms with E-state index in [-0.39, 0.29) is 24.2 Å². The maximum Gasteiger partial charge on any atom is 0.260 e. The molecule has 1 N–H and O–H groups in total. The number of nitrogens with zero attached hydrogens (tertiary/aromatic N) is 2. The Bertz CT molecular complexity index is 940. The largest absolute Gasteiger partial charge is 0.481 e. The van der Waals surface area contributed by atoms with Gasteiger partial charge in [0.15, 0.2) is 18.2 Å². The van der Waals surface area contributed by atoms with E-state index >= 15 is 0 Å². The number of piperidine rings is 1. The number of aromatic nitrogens is 2. The molecule has 27 heavy (non-hydrogen) atoms. The third-order valence-electron chi connectivity index (χ3n) is 4.87. The number of amides is 1. The molecule has 1 unspecified atom stereocenters. The number of H-pyrrole nitrogens is 1. The van der Waals surface area contributed by atoms with Gasteiger partial charge in [0.25, 0.3) is 5.91 Å². The van der Waals surface area contributed by atoms with E-state index < -0.39 is 11.6 Å². The summed E-state index contributed by atoms with van der Waals surface area (Å²) in [7, 11) is 0. The molecule has 5 nitrogen and oxygen atoms in total. The SMILES string of the molecule is O=C(COc1ccc(F)cc1F)N1CCCC(c2cc3ncccc3[nH]2)C1. The lowest BCUT2D eigenvalue weighted by Gasteiger charge is -2.32. The first-order chi connectivity index (χ1) is 13.1. The van der Waals surface area contributed by atoms with E-state index in [1.165, 1.54) is 6.07 Å². The highest BCUT2D eigenvalue weighted by Gasteiger charge is 2.26. The number of rotatable bonds is 4. The molecule has 1 atom stereocenters. The Morgan fingerprint density at radius 2 is 2.19 bits per heavy atom.